The Hall–Kier alpha value is -2.07. The van der Waals surface area contributed by atoms with Crippen molar-refractivity contribution < 1.29 is 0 Å². The summed E-state index contributed by atoms with van der Waals surface area (Å²) in [4.78, 5) is 14.1. The second-order valence-electron chi connectivity index (χ2n) is 3.87. The van der Waals surface area contributed by atoms with Crippen molar-refractivity contribution in [2.75, 3.05) is 0 Å². The molecule has 3 aromatic rings. The number of hydrogen-bond acceptors (Lipinski definition) is 4. The predicted molar refractivity (Wildman–Crippen MR) is 72.4 cm³/mol. The fourth-order valence-electron chi connectivity index (χ4n) is 1.69. The molecule has 18 heavy (non-hydrogen) atoms. The predicted octanol–water partition coefficient (Wildman–Crippen LogP) is 3.19. The first-order chi connectivity index (χ1) is 8.92. The molecule has 3 aromatic heterocycles. The van der Waals surface area contributed by atoms with Crippen LogP contribution < -0.4 is 0 Å². The quantitative estimate of drug-likeness (QED) is 0.719. The molecule has 3 heterocycles. The lowest BCUT2D eigenvalue weighted by Gasteiger charge is -1.95. The van der Waals surface area contributed by atoms with Gasteiger partial charge in [-0.2, -0.15) is 0 Å². The van der Waals surface area contributed by atoms with Gasteiger partial charge in [-0.15, -0.1) is 11.3 Å². The van der Waals surface area contributed by atoms with Crippen molar-refractivity contribution >= 4 is 11.3 Å². The van der Waals surface area contributed by atoms with Gasteiger partial charge in [0, 0.05) is 47.3 Å². The Labute approximate surface area is 109 Å². The van der Waals surface area contributed by atoms with Gasteiger partial charge in [0.25, 0.3) is 0 Å². The third-order valence-corrected chi connectivity index (χ3v) is 3.59. The van der Waals surface area contributed by atoms with Crippen molar-refractivity contribution in [3.63, 3.8) is 0 Å². The summed E-state index contributed by atoms with van der Waals surface area (Å²) in [7, 11) is 0. The molecule has 3 rings (SSSR count). The van der Waals surface area contributed by atoms with Crippen molar-refractivity contribution in [2.24, 2.45) is 0 Å². The topological polar surface area (TPSA) is 38.7 Å². The van der Waals surface area contributed by atoms with Gasteiger partial charge < -0.3 is 0 Å². The number of hydrogen-bond donors (Lipinski definition) is 0. The minimum atomic E-state index is 0.832. The van der Waals surface area contributed by atoms with E-state index in [9.17, 15) is 0 Å². The molecule has 0 spiro atoms. The summed E-state index contributed by atoms with van der Waals surface area (Å²) in [6, 6.07) is 9.91. The van der Waals surface area contributed by atoms with Gasteiger partial charge in [-0.1, -0.05) is 6.07 Å². The van der Waals surface area contributed by atoms with Crippen LogP contribution in [0, 0.1) is 0 Å². The molecule has 0 aromatic carbocycles. The van der Waals surface area contributed by atoms with Gasteiger partial charge in [0.2, 0.25) is 0 Å². The molecule has 0 unspecified atom stereocenters. The Kier molecular flexibility index (Phi) is 3.10. The average Bonchev–Trinajstić information content (AvgIpc) is 2.89. The average molecular weight is 253 g/mol. The highest BCUT2D eigenvalue weighted by molar-refractivity contribution is 7.15. The van der Waals surface area contributed by atoms with Crippen LogP contribution in [0.4, 0.5) is 0 Å². The van der Waals surface area contributed by atoms with Crippen LogP contribution in [0.2, 0.25) is 0 Å². The Balaban J connectivity index is 1.82. The zero-order chi connectivity index (χ0) is 12.2. The molecule has 0 saturated carbocycles. The van der Waals surface area contributed by atoms with E-state index in [-0.39, 0.29) is 0 Å². The Bertz CT molecular complexity index is 620. The van der Waals surface area contributed by atoms with E-state index in [0.717, 1.165) is 22.7 Å². The number of thiazole rings is 1. The van der Waals surface area contributed by atoms with Crippen LogP contribution in [0.15, 0.2) is 55.1 Å². The van der Waals surface area contributed by atoms with Gasteiger partial charge >= 0.3 is 0 Å². The Morgan fingerprint density at radius 2 is 1.94 bits per heavy atom. The lowest BCUT2D eigenvalue weighted by molar-refractivity contribution is 1.09. The second-order valence-corrected chi connectivity index (χ2v) is 4.99. The van der Waals surface area contributed by atoms with Gasteiger partial charge in [0.05, 0.1) is 0 Å². The lowest BCUT2D eigenvalue weighted by atomic mass is 10.2. The van der Waals surface area contributed by atoms with Gasteiger partial charge in [-0.05, 0) is 24.3 Å². The van der Waals surface area contributed by atoms with E-state index in [0.29, 0.717) is 0 Å². The molecule has 88 valence electrons. The van der Waals surface area contributed by atoms with Gasteiger partial charge in [0.1, 0.15) is 5.01 Å². The third kappa shape index (κ3) is 2.43. The van der Waals surface area contributed by atoms with Crippen molar-refractivity contribution in [3.8, 4) is 10.6 Å². The van der Waals surface area contributed by atoms with Gasteiger partial charge in [-0.25, -0.2) is 4.98 Å². The number of nitrogens with zero attached hydrogens (tertiary/aromatic N) is 3. The van der Waals surface area contributed by atoms with E-state index in [2.05, 4.69) is 15.0 Å². The first-order valence-electron chi connectivity index (χ1n) is 5.67. The maximum absolute atomic E-state index is 4.43. The van der Waals surface area contributed by atoms with E-state index in [1.807, 2.05) is 48.9 Å². The molecular formula is C14H11N3S. The van der Waals surface area contributed by atoms with E-state index in [4.69, 9.17) is 0 Å². The summed E-state index contributed by atoms with van der Waals surface area (Å²) in [6.45, 7) is 0. The number of rotatable bonds is 3. The summed E-state index contributed by atoms with van der Waals surface area (Å²) < 4.78 is 0. The summed E-state index contributed by atoms with van der Waals surface area (Å²) >= 11 is 1.69. The molecule has 0 fully saturated rings. The maximum Gasteiger partial charge on any atom is 0.125 e. The minimum Gasteiger partial charge on any atom is -0.264 e. The SMILES string of the molecule is c1ccc(Cc2cnc(-c3cccnc3)s2)nc1. The van der Waals surface area contributed by atoms with E-state index < -0.39 is 0 Å². The molecule has 0 N–H and O–H groups in total. The molecule has 0 saturated heterocycles. The number of aromatic nitrogens is 3. The van der Waals surface area contributed by atoms with E-state index in [1.165, 1.54) is 4.88 Å². The molecule has 0 aliphatic rings. The highest BCUT2D eigenvalue weighted by Crippen LogP contribution is 2.25. The van der Waals surface area contributed by atoms with E-state index >= 15 is 0 Å². The van der Waals surface area contributed by atoms with Crippen LogP contribution >= 0.6 is 11.3 Å². The van der Waals surface area contributed by atoms with E-state index in [1.54, 1.807) is 17.5 Å². The molecule has 0 aliphatic carbocycles. The largest absolute Gasteiger partial charge is 0.264 e. The zero-order valence-corrected chi connectivity index (χ0v) is 10.5. The Morgan fingerprint density at radius 1 is 0.944 bits per heavy atom. The molecule has 0 atom stereocenters. The highest BCUT2D eigenvalue weighted by atomic mass is 32.1. The fourth-order valence-corrected chi connectivity index (χ4v) is 2.61. The third-order valence-electron chi connectivity index (χ3n) is 2.54. The first kappa shape index (κ1) is 11.0. The molecule has 0 amide bonds. The summed E-state index contributed by atoms with van der Waals surface area (Å²) in [5.41, 5.74) is 2.13. The van der Waals surface area contributed by atoms with Crippen LogP contribution in [0.3, 0.4) is 0 Å². The van der Waals surface area contributed by atoms with Gasteiger partial charge in [-0.3, -0.25) is 9.97 Å². The monoisotopic (exact) mass is 253 g/mol. The fraction of sp³-hybridized carbons (Fsp3) is 0.0714. The molecular weight excluding hydrogens is 242 g/mol. The molecule has 0 bridgehead atoms. The summed E-state index contributed by atoms with van der Waals surface area (Å²) in [5, 5.41) is 1.01. The van der Waals surface area contributed by atoms with Gasteiger partial charge in [0.15, 0.2) is 0 Å². The zero-order valence-electron chi connectivity index (χ0n) is 9.65. The highest BCUT2D eigenvalue weighted by Gasteiger charge is 2.05. The normalized spacial score (nSPS) is 10.4. The van der Waals surface area contributed by atoms with Crippen molar-refractivity contribution in [1.82, 2.24) is 15.0 Å². The molecule has 0 radical (unpaired) electrons. The summed E-state index contributed by atoms with van der Waals surface area (Å²) in [5.74, 6) is 0. The minimum absolute atomic E-state index is 0.832. The second kappa shape index (κ2) is 5.06. The first-order valence-corrected chi connectivity index (χ1v) is 6.48. The standard InChI is InChI=1S/C14H11N3S/c1-2-7-16-12(5-1)8-13-10-17-14(18-13)11-4-3-6-15-9-11/h1-7,9-10H,8H2. The van der Waals surface area contributed by atoms with Crippen LogP contribution in [-0.4, -0.2) is 15.0 Å². The van der Waals surface area contributed by atoms with Crippen molar-refractivity contribution in [3.05, 3.63) is 65.7 Å². The van der Waals surface area contributed by atoms with Crippen LogP contribution in [-0.2, 0) is 6.42 Å². The summed E-state index contributed by atoms with van der Waals surface area (Å²) in [6.07, 6.45) is 8.17. The number of pyridine rings is 2. The van der Waals surface area contributed by atoms with Crippen LogP contribution in [0.1, 0.15) is 10.6 Å². The van der Waals surface area contributed by atoms with Crippen LogP contribution in [0.5, 0.6) is 0 Å². The molecule has 0 aliphatic heterocycles. The lowest BCUT2D eigenvalue weighted by Crippen LogP contribution is -1.87. The maximum atomic E-state index is 4.43. The van der Waals surface area contributed by atoms with Crippen molar-refractivity contribution in [2.45, 2.75) is 6.42 Å². The van der Waals surface area contributed by atoms with Crippen LogP contribution in [0.25, 0.3) is 10.6 Å². The smallest absolute Gasteiger partial charge is 0.125 e. The molecule has 3 nitrogen and oxygen atoms in total. The Morgan fingerprint density at radius 3 is 2.72 bits per heavy atom. The van der Waals surface area contributed by atoms with Crippen molar-refractivity contribution in [1.29, 1.82) is 0 Å². The molecule has 4 heteroatoms.